The Morgan fingerprint density at radius 1 is 0.964 bits per heavy atom. The summed E-state index contributed by atoms with van der Waals surface area (Å²) in [6.07, 6.45) is 1.01. The normalized spacial score (nSPS) is 12.2. The molecule has 144 valence electrons. The van der Waals surface area contributed by atoms with Gasteiger partial charge in [0.05, 0.1) is 11.2 Å². The highest BCUT2D eigenvalue weighted by molar-refractivity contribution is 6.03. The molecule has 0 bridgehead atoms. The van der Waals surface area contributed by atoms with E-state index in [4.69, 9.17) is 4.74 Å². The van der Waals surface area contributed by atoms with Gasteiger partial charge in [0.25, 0.3) is 5.91 Å². The molecule has 0 fully saturated rings. The molecule has 0 radical (unpaired) electrons. The van der Waals surface area contributed by atoms with Crippen LogP contribution in [-0.2, 0) is 9.53 Å². The van der Waals surface area contributed by atoms with Gasteiger partial charge in [0.15, 0.2) is 0 Å². The highest BCUT2D eigenvalue weighted by Gasteiger charge is 2.26. The van der Waals surface area contributed by atoms with Crippen LogP contribution in [0.2, 0.25) is 0 Å². The number of aromatic nitrogens is 1. The number of alkyl carbamates (subject to hydrolysis) is 1. The van der Waals surface area contributed by atoms with Crippen LogP contribution in [-0.4, -0.2) is 22.6 Å². The molecule has 6 heteroatoms. The van der Waals surface area contributed by atoms with Crippen molar-refractivity contribution in [2.24, 2.45) is 0 Å². The standard InChI is InChI=1S/C22H23N3O3/c1-22(2,3)28-21(27)25-19(16-9-5-4-6-10-16)20(26)24-17-13-7-11-15-12-8-14-23-18(15)17/h4-14,19H,1-3H3,(H,24,26)(H,25,27). The average molecular weight is 377 g/mol. The lowest BCUT2D eigenvalue weighted by Gasteiger charge is -2.23. The molecular formula is C22H23N3O3. The fraction of sp³-hybridized carbons (Fsp3) is 0.227. The number of hydrogen-bond acceptors (Lipinski definition) is 4. The summed E-state index contributed by atoms with van der Waals surface area (Å²) in [7, 11) is 0. The monoisotopic (exact) mass is 377 g/mol. The Balaban J connectivity index is 1.87. The zero-order valence-electron chi connectivity index (χ0n) is 16.1. The predicted molar refractivity (Wildman–Crippen MR) is 109 cm³/mol. The molecule has 2 amide bonds. The molecule has 3 aromatic rings. The Morgan fingerprint density at radius 2 is 1.68 bits per heavy atom. The van der Waals surface area contributed by atoms with Crippen molar-refractivity contribution in [3.05, 3.63) is 72.4 Å². The van der Waals surface area contributed by atoms with Crippen molar-refractivity contribution in [3.63, 3.8) is 0 Å². The van der Waals surface area contributed by atoms with E-state index >= 15 is 0 Å². The molecule has 28 heavy (non-hydrogen) atoms. The molecule has 0 aliphatic rings. The van der Waals surface area contributed by atoms with Crippen molar-refractivity contribution < 1.29 is 14.3 Å². The second kappa shape index (κ2) is 8.08. The minimum Gasteiger partial charge on any atom is -0.444 e. The van der Waals surface area contributed by atoms with Gasteiger partial charge < -0.3 is 15.4 Å². The second-order valence-electron chi connectivity index (χ2n) is 7.36. The summed E-state index contributed by atoms with van der Waals surface area (Å²) in [6, 6.07) is 17.4. The number of pyridine rings is 1. The molecule has 1 heterocycles. The third kappa shape index (κ3) is 4.85. The van der Waals surface area contributed by atoms with Crippen molar-refractivity contribution in [2.75, 3.05) is 5.32 Å². The number of para-hydroxylation sites is 1. The molecule has 0 saturated carbocycles. The zero-order chi connectivity index (χ0) is 20.1. The zero-order valence-corrected chi connectivity index (χ0v) is 16.1. The van der Waals surface area contributed by atoms with Crippen LogP contribution in [0.4, 0.5) is 10.5 Å². The van der Waals surface area contributed by atoms with E-state index in [9.17, 15) is 9.59 Å². The number of nitrogens with one attached hydrogen (secondary N) is 2. The highest BCUT2D eigenvalue weighted by Crippen LogP contribution is 2.23. The van der Waals surface area contributed by atoms with Gasteiger partial charge in [-0.25, -0.2) is 4.79 Å². The van der Waals surface area contributed by atoms with Gasteiger partial charge in [-0.05, 0) is 38.5 Å². The minimum absolute atomic E-state index is 0.379. The van der Waals surface area contributed by atoms with Gasteiger partial charge >= 0.3 is 6.09 Å². The first-order valence-electron chi connectivity index (χ1n) is 9.02. The molecule has 2 N–H and O–H groups in total. The molecular weight excluding hydrogens is 354 g/mol. The van der Waals surface area contributed by atoms with Crippen LogP contribution in [0.1, 0.15) is 32.4 Å². The molecule has 3 rings (SSSR count). The predicted octanol–water partition coefficient (Wildman–Crippen LogP) is 4.44. The summed E-state index contributed by atoms with van der Waals surface area (Å²) < 4.78 is 5.32. The van der Waals surface area contributed by atoms with Gasteiger partial charge in [-0.15, -0.1) is 0 Å². The summed E-state index contributed by atoms with van der Waals surface area (Å²) in [4.78, 5) is 29.7. The topological polar surface area (TPSA) is 80.3 Å². The summed E-state index contributed by atoms with van der Waals surface area (Å²) in [5.74, 6) is -0.379. The first kappa shape index (κ1) is 19.4. The van der Waals surface area contributed by atoms with Crippen molar-refractivity contribution in [3.8, 4) is 0 Å². The number of anilines is 1. The van der Waals surface area contributed by atoms with Gasteiger partial charge in [0, 0.05) is 11.6 Å². The SMILES string of the molecule is CC(C)(C)OC(=O)NC(C(=O)Nc1cccc2cccnc12)c1ccccc1. The largest absolute Gasteiger partial charge is 0.444 e. The van der Waals surface area contributed by atoms with Crippen LogP contribution >= 0.6 is 0 Å². The van der Waals surface area contributed by atoms with Crippen LogP contribution in [0.25, 0.3) is 10.9 Å². The first-order valence-corrected chi connectivity index (χ1v) is 9.02. The van der Waals surface area contributed by atoms with Crippen LogP contribution < -0.4 is 10.6 Å². The first-order chi connectivity index (χ1) is 13.3. The maximum absolute atomic E-state index is 13.0. The highest BCUT2D eigenvalue weighted by atomic mass is 16.6. The smallest absolute Gasteiger partial charge is 0.408 e. The van der Waals surface area contributed by atoms with E-state index in [0.717, 1.165) is 5.39 Å². The van der Waals surface area contributed by atoms with E-state index < -0.39 is 17.7 Å². The van der Waals surface area contributed by atoms with E-state index in [-0.39, 0.29) is 5.91 Å². The third-order valence-electron chi connectivity index (χ3n) is 3.95. The van der Waals surface area contributed by atoms with E-state index in [1.165, 1.54) is 0 Å². The van der Waals surface area contributed by atoms with Gasteiger partial charge in [-0.3, -0.25) is 9.78 Å². The van der Waals surface area contributed by atoms with Gasteiger partial charge in [-0.1, -0.05) is 48.5 Å². The fourth-order valence-electron chi connectivity index (χ4n) is 2.78. The lowest BCUT2D eigenvalue weighted by atomic mass is 10.1. The molecule has 0 spiro atoms. The molecule has 0 saturated heterocycles. The summed E-state index contributed by atoms with van der Waals surface area (Å²) in [5.41, 5.74) is 1.25. The summed E-state index contributed by atoms with van der Waals surface area (Å²) >= 11 is 0. The molecule has 1 atom stereocenters. The number of fused-ring (bicyclic) bond motifs is 1. The van der Waals surface area contributed by atoms with Crippen molar-refractivity contribution in [1.29, 1.82) is 0 Å². The number of hydrogen-bond donors (Lipinski definition) is 2. The maximum Gasteiger partial charge on any atom is 0.408 e. The Labute approximate surface area is 163 Å². The number of benzene rings is 2. The fourth-order valence-corrected chi connectivity index (χ4v) is 2.78. The summed E-state index contributed by atoms with van der Waals surface area (Å²) in [6.45, 7) is 5.31. The van der Waals surface area contributed by atoms with Gasteiger partial charge in [0.2, 0.25) is 0 Å². The lowest BCUT2D eigenvalue weighted by Crippen LogP contribution is -2.40. The van der Waals surface area contributed by atoms with Crippen LogP contribution in [0, 0.1) is 0 Å². The molecule has 0 aliphatic heterocycles. The van der Waals surface area contributed by atoms with Crippen molar-refractivity contribution in [2.45, 2.75) is 32.4 Å². The van der Waals surface area contributed by atoms with Crippen LogP contribution in [0.15, 0.2) is 66.9 Å². The van der Waals surface area contributed by atoms with E-state index in [0.29, 0.717) is 16.8 Å². The molecule has 1 aromatic heterocycles. The van der Waals surface area contributed by atoms with Gasteiger partial charge in [0.1, 0.15) is 11.6 Å². The van der Waals surface area contributed by atoms with Crippen molar-refractivity contribution >= 4 is 28.6 Å². The molecule has 2 aromatic carbocycles. The number of amides is 2. The quantitative estimate of drug-likeness (QED) is 0.704. The van der Waals surface area contributed by atoms with E-state index in [1.54, 1.807) is 45.2 Å². The molecule has 0 aliphatic carbocycles. The Morgan fingerprint density at radius 3 is 2.39 bits per heavy atom. The second-order valence-corrected chi connectivity index (χ2v) is 7.36. The van der Waals surface area contributed by atoms with E-state index in [2.05, 4.69) is 15.6 Å². The van der Waals surface area contributed by atoms with Crippen molar-refractivity contribution in [1.82, 2.24) is 10.3 Å². The number of carbonyl (C=O) groups excluding carboxylic acids is 2. The summed E-state index contributed by atoms with van der Waals surface area (Å²) in [5, 5.41) is 6.46. The Hall–Kier alpha value is -3.41. The maximum atomic E-state index is 13.0. The minimum atomic E-state index is -0.907. The van der Waals surface area contributed by atoms with Crippen LogP contribution in [0.5, 0.6) is 0 Å². The molecule has 1 unspecified atom stereocenters. The van der Waals surface area contributed by atoms with Crippen LogP contribution in [0.3, 0.4) is 0 Å². The average Bonchev–Trinajstić information content (AvgIpc) is 2.65. The molecule has 6 nitrogen and oxygen atoms in total. The Bertz CT molecular complexity index is 976. The lowest BCUT2D eigenvalue weighted by molar-refractivity contribution is -0.118. The number of rotatable bonds is 4. The Kier molecular flexibility index (Phi) is 5.59. The number of nitrogens with zero attached hydrogens (tertiary/aromatic N) is 1. The van der Waals surface area contributed by atoms with E-state index in [1.807, 2.05) is 42.5 Å². The number of carbonyl (C=O) groups is 2. The van der Waals surface area contributed by atoms with Gasteiger partial charge in [-0.2, -0.15) is 0 Å². The number of ether oxygens (including phenoxy) is 1. The third-order valence-corrected chi connectivity index (χ3v) is 3.95.